The smallest absolute Gasteiger partial charge is 0.125 e. The first-order chi connectivity index (χ1) is 10.2. The molecule has 1 aromatic heterocycles. The number of nitrogens with one attached hydrogen (secondary N) is 1. The van der Waals surface area contributed by atoms with E-state index < -0.39 is 5.82 Å². The Hall–Kier alpha value is -2.82. The lowest BCUT2D eigenvalue weighted by Gasteiger charge is -2.01. The van der Waals surface area contributed by atoms with Gasteiger partial charge >= 0.3 is 0 Å². The van der Waals surface area contributed by atoms with Gasteiger partial charge in [-0.3, -0.25) is 5.10 Å². The normalized spacial score (nSPS) is 10.6. The van der Waals surface area contributed by atoms with Gasteiger partial charge in [0.2, 0.25) is 0 Å². The fraction of sp³-hybridized carbons (Fsp3) is 0.0625. The number of aromatic hydroxyl groups is 1. The number of benzene rings is 2. The van der Waals surface area contributed by atoms with Crippen molar-refractivity contribution in [2.75, 3.05) is 7.11 Å². The molecule has 3 aromatic rings. The van der Waals surface area contributed by atoms with E-state index in [9.17, 15) is 9.50 Å². The van der Waals surface area contributed by atoms with Crippen molar-refractivity contribution in [2.24, 2.45) is 0 Å². The lowest BCUT2D eigenvalue weighted by atomic mass is 10.1. The van der Waals surface area contributed by atoms with Crippen molar-refractivity contribution >= 4 is 0 Å². The average Bonchev–Trinajstić information content (AvgIpc) is 2.99. The highest BCUT2D eigenvalue weighted by molar-refractivity contribution is 5.72. The van der Waals surface area contributed by atoms with Gasteiger partial charge in [0.15, 0.2) is 0 Å². The molecule has 21 heavy (non-hydrogen) atoms. The summed E-state index contributed by atoms with van der Waals surface area (Å²) in [6, 6.07) is 13.0. The Balaban J connectivity index is 1.97. The third kappa shape index (κ3) is 2.58. The van der Waals surface area contributed by atoms with Crippen molar-refractivity contribution < 1.29 is 14.2 Å². The van der Waals surface area contributed by atoms with Gasteiger partial charge < -0.3 is 9.84 Å². The molecule has 0 radical (unpaired) electrons. The van der Waals surface area contributed by atoms with Gasteiger partial charge in [0.05, 0.1) is 18.5 Å². The summed E-state index contributed by atoms with van der Waals surface area (Å²) in [7, 11) is 1.61. The van der Waals surface area contributed by atoms with Crippen LogP contribution in [0.15, 0.2) is 48.5 Å². The Kier molecular flexibility index (Phi) is 3.31. The van der Waals surface area contributed by atoms with E-state index in [1.807, 2.05) is 24.3 Å². The van der Waals surface area contributed by atoms with Crippen molar-refractivity contribution in [3.63, 3.8) is 0 Å². The molecule has 106 valence electrons. The molecular weight excluding hydrogens is 271 g/mol. The topological polar surface area (TPSA) is 58.1 Å². The molecule has 0 saturated heterocycles. The maximum Gasteiger partial charge on any atom is 0.125 e. The number of nitrogens with zero attached hydrogens (tertiary/aromatic N) is 1. The van der Waals surface area contributed by atoms with Crippen LogP contribution in [0.3, 0.4) is 0 Å². The van der Waals surface area contributed by atoms with E-state index in [0.717, 1.165) is 11.3 Å². The Morgan fingerprint density at radius 1 is 1.10 bits per heavy atom. The Labute approximate surface area is 120 Å². The summed E-state index contributed by atoms with van der Waals surface area (Å²) in [5.41, 5.74) is 2.53. The van der Waals surface area contributed by atoms with Crippen LogP contribution in [0.2, 0.25) is 0 Å². The second kappa shape index (κ2) is 5.28. The van der Waals surface area contributed by atoms with Gasteiger partial charge in [-0.15, -0.1) is 0 Å². The van der Waals surface area contributed by atoms with Crippen molar-refractivity contribution in [3.05, 3.63) is 54.3 Å². The fourth-order valence-corrected chi connectivity index (χ4v) is 2.09. The number of phenolic OH excluding ortho intramolecular Hbond substituents is 1. The average molecular weight is 284 g/mol. The number of methoxy groups -OCH3 is 1. The summed E-state index contributed by atoms with van der Waals surface area (Å²) in [6.45, 7) is 0. The van der Waals surface area contributed by atoms with E-state index in [1.165, 1.54) is 18.2 Å². The molecular formula is C16H13FN2O2. The van der Waals surface area contributed by atoms with Crippen molar-refractivity contribution in [2.45, 2.75) is 0 Å². The van der Waals surface area contributed by atoms with Crippen molar-refractivity contribution in [1.29, 1.82) is 0 Å². The Morgan fingerprint density at radius 2 is 1.86 bits per heavy atom. The highest BCUT2D eigenvalue weighted by Crippen LogP contribution is 2.31. The highest BCUT2D eigenvalue weighted by Gasteiger charge is 2.10. The molecule has 2 aromatic carbocycles. The molecule has 0 aliphatic rings. The number of halogens is 1. The Bertz CT molecular complexity index is 766. The fourth-order valence-electron chi connectivity index (χ4n) is 2.09. The maximum atomic E-state index is 13.3. The predicted molar refractivity (Wildman–Crippen MR) is 77.6 cm³/mol. The second-order valence-corrected chi connectivity index (χ2v) is 4.56. The van der Waals surface area contributed by atoms with Crippen LogP contribution in [0, 0.1) is 5.82 Å². The van der Waals surface area contributed by atoms with Gasteiger partial charge in [-0.2, -0.15) is 5.10 Å². The molecule has 0 amide bonds. The number of aromatic amines is 1. The van der Waals surface area contributed by atoms with Crippen LogP contribution < -0.4 is 4.74 Å². The van der Waals surface area contributed by atoms with E-state index in [2.05, 4.69) is 10.2 Å². The second-order valence-electron chi connectivity index (χ2n) is 4.56. The molecule has 0 aliphatic carbocycles. The van der Waals surface area contributed by atoms with Crippen LogP contribution >= 0.6 is 0 Å². The number of H-pyrrole nitrogens is 1. The van der Waals surface area contributed by atoms with Gasteiger partial charge in [-0.1, -0.05) is 0 Å². The monoisotopic (exact) mass is 284 g/mol. The molecule has 2 N–H and O–H groups in total. The first-order valence-corrected chi connectivity index (χ1v) is 6.36. The number of phenols is 1. The number of ether oxygens (including phenoxy) is 1. The van der Waals surface area contributed by atoms with E-state index >= 15 is 0 Å². The number of hydrogen-bond donors (Lipinski definition) is 2. The molecule has 1 heterocycles. The van der Waals surface area contributed by atoms with Crippen LogP contribution in [0.1, 0.15) is 0 Å². The minimum Gasteiger partial charge on any atom is -0.507 e. The van der Waals surface area contributed by atoms with Crippen LogP contribution in [-0.4, -0.2) is 22.4 Å². The summed E-state index contributed by atoms with van der Waals surface area (Å²) in [6.07, 6.45) is 0. The SMILES string of the molecule is COc1ccc(-c2cc(-c3cc(F)ccc3O)[nH]n2)cc1. The maximum absolute atomic E-state index is 13.3. The lowest BCUT2D eigenvalue weighted by Crippen LogP contribution is -1.82. The molecule has 0 aliphatic heterocycles. The van der Waals surface area contributed by atoms with Crippen LogP contribution in [0.25, 0.3) is 22.5 Å². The van der Waals surface area contributed by atoms with E-state index in [0.29, 0.717) is 17.0 Å². The predicted octanol–water partition coefficient (Wildman–Crippen LogP) is 3.60. The minimum absolute atomic E-state index is 0.00123. The van der Waals surface area contributed by atoms with Gasteiger partial charge in [-0.05, 0) is 48.5 Å². The van der Waals surface area contributed by atoms with Crippen LogP contribution in [0.5, 0.6) is 11.5 Å². The number of aromatic nitrogens is 2. The largest absolute Gasteiger partial charge is 0.507 e. The standard InChI is InChI=1S/C16H13FN2O2/c1-21-12-5-2-10(3-6-12)14-9-15(19-18-14)13-8-11(17)4-7-16(13)20/h2-9,20H,1H3,(H,18,19). The summed E-state index contributed by atoms with van der Waals surface area (Å²) in [4.78, 5) is 0. The summed E-state index contributed by atoms with van der Waals surface area (Å²) in [5.74, 6) is 0.349. The molecule has 0 fully saturated rings. The van der Waals surface area contributed by atoms with E-state index in [1.54, 1.807) is 13.2 Å². The lowest BCUT2D eigenvalue weighted by molar-refractivity contribution is 0.415. The Morgan fingerprint density at radius 3 is 2.57 bits per heavy atom. The van der Waals surface area contributed by atoms with Gasteiger partial charge in [0, 0.05) is 11.1 Å². The zero-order valence-corrected chi connectivity index (χ0v) is 11.3. The van der Waals surface area contributed by atoms with Crippen molar-refractivity contribution in [1.82, 2.24) is 10.2 Å². The summed E-state index contributed by atoms with van der Waals surface area (Å²) >= 11 is 0. The first kappa shape index (κ1) is 13.2. The van der Waals surface area contributed by atoms with E-state index in [-0.39, 0.29) is 5.75 Å². The molecule has 5 heteroatoms. The zero-order valence-electron chi connectivity index (χ0n) is 11.3. The third-order valence-corrected chi connectivity index (χ3v) is 3.21. The van der Waals surface area contributed by atoms with Crippen LogP contribution in [-0.2, 0) is 0 Å². The zero-order chi connectivity index (χ0) is 14.8. The third-order valence-electron chi connectivity index (χ3n) is 3.21. The molecule has 4 nitrogen and oxygen atoms in total. The molecule has 3 rings (SSSR count). The molecule has 0 unspecified atom stereocenters. The summed E-state index contributed by atoms with van der Waals surface area (Å²) < 4.78 is 18.4. The van der Waals surface area contributed by atoms with Crippen molar-refractivity contribution in [3.8, 4) is 34.0 Å². The van der Waals surface area contributed by atoms with Gasteiger partial charge in [0.1, 0.15) is 17.3 Å². The number of hydrogen-bond acceptors (Lipinski definition) is 3. The molecule has 0 saturated carbocycles. The summed E-state index contributed by atoms with van der Waals surface area (Å²) in [5, 5.41) is 16.8. The quantitative estimate of drug-likeness (QED) is 0.772. The first-order valence-electron chi connectivity index (χ1n) is 6.36. The van der Waals surface area contributed by atoms with Gasteiger partial charge in [-0.25, -0.2) is 4.39 Å². The molecule has 0 atom stereocenters. The minimum atomic E-state index is -0.414. The highest BCUT2D eigenvalue weighted by atomic mass is 19.1. The molecule has 0 spiro atoms. The molecule has 0 bridgehead atoms. The van der Waals surface area contributed by atoms with Crippen LogP contribution in [0.4, 0.5) is 4.39 Å². The van der Waals surface area contributed by atoms with Gasteiger partial charge in [0.25, 0.3) is 0 Å². The van der Waals surface area contributed by atoms with E-state index in [4.69, 9.17) is 4.74 Å². The number of rotatable bonds is 3.